The highest BCUT2D eigenvalue weighted by atomic mass is 32.1. The van der Waals surface area contributed by atoms with E-state index in [1.165, 1.54) is 16.8 Å². The SMILES string of the molecule is CCc1cccc(CC)c1NCc1nncs1. The smallest absolute Gasteiger partial charge is 0.136 e. The van der Waals surface area contributed by atoms with Crippen LogP contribution in [0.3, 0.4) is 0 Å². The molecule has 1 aromatic heterocycles. The van der Waals surface area contributed by atoms with E-state index in [1.807, 2.05) is 0 Å². The van der Waals surface area contributed by atoms with Gasteiger partial charge in [0.05, 0.1) is 6.54 Å². The molecule has 90 valence electrons. The third kappa shape index (κ3) is 2.82. The Kier molecular flexibility index (Phi) is 4.09. The molecule has 0 saturated heterocycles. The molecule has 1 heterocycles. The van der Waals surface area contributed by atoms with Gasteiger partial charge in [0.2, 0.25) is 0 Å². The van der Waals surface area contributed by atoms with Crippen LogP contribution >= 0.6 is 11.3 Å². The first-order valence-electron chi connectivity index (χ1n) is 5.94. The van der Waals surface area contributed by atoms with E-state index in [2.05, 4.69) is 47.6 Å². The van der Waals surface area contributed by atoms with Gasteiger partial charge < -0.3 is 5.32 Å². The second-order valence-corrected chi connectivity index (χ2v) is 4.76. The Labute approximate surface area is 106 Å². The van der Waals surface area contributed by atoms with Crippen molar-refractivity contribution < 1.29 is 0 Å². The van der Waals surface area contributed by atoms with Crippen molar-refractivity contribution in [3.05, 3.63) is 39.8 Å². The first-order chi connectivity index (χ1) is 8.35. The average molecular weight is 247 g/mol. The first-order valence-corrected chi connectivity index (χ1v) is 6.82. The standard InChI is InChI=1S/C13H17N3S/c1-3-10-6-5-7-11(4-2)13(10)14-8-12-16-15-9-17-12/h5-7,9,14H,3-4,8H2,1-2H3. The molecule has 2 aromatic rings. The van der Waals surface area contributed by atoms with Gasteiger partial charge in [-0.15, -0.1) is 21.5 Å². The Balaban J connectivity index is 2.18. The van der Waals surface area contributed by atoms with E-state index in [9.17, 15) is 0 Å². The summed E-state index contributed by atoms with van der Waals surface area (Å²) in [5.41, 5.74) is 5.78. The Bertz CT molecular complexity index is 443. The van der Waals surface area contributed by atoms with Crippen LogP contribution < -0.4 is 5.32 Å². The molecule has 0 aliphatic rings. The number of anilines is 1. The molecule has 0 aliphatic carbocycles. The van der Waals surface area contributed by atoms with E-state index in [1.54, 1.807) is 16.8 Å². The number of nitrogens with one attached hydrogen (secondary N) is 1. The van der Waals surface area contributed by atoms with Crippen LogP contribution in [0.4, 0.5) is 5.69 Å². The molecule has 0 bridgehead atoms. The van der Waals surface area contributed by atoms with Crippen molar-refractivity contribution in [3.8, 4) is 0 Å². The van der Waals surface area contributed by atoms with E-state index in [0.29, 0.717) is 0 Å². The summed E-state index contributed by atoms with van der Waals surface area (Å²) in [6, 6.07) is 6.50. The molecule has 1 N–H and O–H groups in total. The highest BCUT2D eigenvalue weighted by Gasteiger charge is 2.06. The van der Waals surface area contributed by atoms with Crippen molar-refractivity contribution in [2.45, 2.75) is 33.2 Å². The molecule has 1 aromatic carbocycles. The third-order valence-corrected chi connectivity index (χ3v) is 3.52. The van der Waals surface area contributed by atoms with Gasteiger partial charge in [0.15, 0.2) is 0 Å². The van der Waals surface area contributed by atoms with Crippen LogP contribution in [0.25, 0.3) is 0 Å². The summed E-state index contributed by atoms with van der Waals surface area (Å²) in [7, 11) is 0. The van der Waals surface area contributed by atoms with E-state index < -0.39 is 0 Å². The molecule has 0 saturated carbocycles. The van der Waals surface area contributed by atoms with Crippen molar-refractivity contribution in [1.29, 1.82) is 0 Å². The van der Waals surface area contributed by atoms with E-state index in [-0.39, 0.29) is 0 Å². The first kappa shape index (κ1) is 12.0. The lowest BCUT2D eigenvalue weighted by Gasteiger charge is -2.14. The van der Waals surface area contributed by atoms with Gasteiger partial charge >= 0.3 is 0 Å². The van der Waals surface area contributed by atoms with Crippen molar-refractivity contribution in [1.82, 2.24) is 10.2 Å². The number of rotatable bonds is 5. The molecule has 0 unspecified atom stereocenters. The molecule has 2 rings (SSSR count). The number of aromatic nitrogens is 2. The molecule has 17 heavy (non-hydrogen) atoms. The summed E-state index contributed by atoms with van der Waals surface area (Å²) >= 11 is 1.58. The number of hydrogen-bond donors (Lipinski definition) is 1. The van der Waals surface area contributed by atoms with Crippen LogP contribution in [0, 0.1) is 0 Å². The van der Waals surface area contributed by atoms with Crippen molar-refractivity contribution in [2.75, 3.05) is 5.32 Å². The molecule has 0 fully saturated rings. The normalized spacial score (nSPS) is 10.5. The zero-order valence-electron chi connectivity index (χ0n) is 10.2. The summed E-state index contributed by atoms with van der Waals surface area (Å²) in [6.45, 7) is 5.13. The lowest BCUT2D eigenvalue weighted by atomic mass is 10.0. The molecule has 0 aliphatic heterocycles. The molecular weight excluding hydrogens is 230 g/mol. The topological polar surface area (TPSA) is 37.8 Å². The Morgan fingerprint density at radius 1 is 1.18 bits per heavy atom. The second-order valence-electron chi connectivity index (χ2n) is 3.84. The quantitative estimate of drug-likeness (QED) is 0.881. The molecule has 3 nitrogen and oxygen atoms in total. The Morgan fingerprint density at radius 2 is 1.88 bits per heavy atom. The summed E-state index contributed by atoms with van der Waals surface area (Å²) < 4.78 is 0. The zero-order chi connectivity index (χ0) is 12.1. The highest BCUT2D eigenvalue weighted by Crippen LogP contribution is 2.23. The number of aryl methyl sites for hydroxylation is 2. The predicted octanol–water partition coefficient (Wildman–Crippen LogP) is 3.28. The van der Waals surface area contributed by atoms with Gasteiger partial charge in [0.1, 0.15) is 10.5 Å². The molecule has 0 spiro atoms. The van der Waals surface area contributed by atoms with Gasteiger partial charge in [-0.1, -0.05) is 32.0 Å². The minimum Gasteiger partial charge on any atom is -0.378 e. The lowest BCUT2D eigenvalue weighted by Crippen LogP contribution is -2.05. The average Bonchev–Trinajstić information content (AvgIpc) is 2.88. The molecule has 0 atom stereocenters. The largest absolute Gasteiger partial charge is 0.378 e. The fourth-order valence-electron chi connectivity index (χ4n) is 1.91. The fourth-order valence-corrected chi connectivity index (χ4v) is 2.37. The van der Waals surface area contributed by atoms with Crippen LogP contribution in [0.1, 0.15) is 30.0 Å². The number of para-hydroxylation sites is 1. The molecule has 4 heteroatoms. The van der Waals surface area contributed by atoms with Gasteiger partial charge in [-0.2, -0.15) is 0 Å². The maximum atomic E-state index is 4.05. The minimum absolute atomic E-state index is 0.759. The van der Waals surface area contributed by atoms with Crippen LogP contribution in [0.15, 0.2) is 23.7 Å². The summed E-state index contributed by atoms with van der Waals surface area (Å²) in [5.74, 6) is 0. The Morgan fingerprint density at radius 3 is 2.41 bits per heavy atom. The van der Waals surface area contributed by atoms with E-state index in [4.69, 9.17) is 0 Å². The maximum Gasteiger partial charge on any atom is 0.136 e. The van der Waals surface area contributed by atoms with Crippen LogP contribution in [0.2, 0.25) is 0 Å². The van der Waals surface area contributed by atoms with Gasteiger partial charge in [0, 0.05) is 5.69 Å². The van der Waals surface area contributed by atoms with Gasteiger partial charge in [-0.3, -0.25) is 0 Å². The molecular formula is C13H17N3S. The second kappa shape index (κ2) is 5.77. The number of benzene rings is 1. The maximum absolute atomic E-state index is 4.05. The van der Waals surface area contributed by atoms with Crippen LogP contribution in [-0.4, -0.2) is 10.2 Å². The monoisotopic (exact) mass is 247 g/mol. The summed E-state index contributed by atoms with van der Waals surface area (Å²) in [4.78, 5) is 0. The van der Waals surface area contributed by atoms with Crippen LogP contribution in [-0.2, 0) is 19.4 Å². The predicted molar refractivity (Wildman–Crippen MR) is 72.4 cm³/mol. The molecule has 0 amide bonds. The Hall–Kier alpha value is -1.42. The highest BCUT2D eigenvalue weighted by molar-refractivity contribution is 7.09. The third-order valence-electron chi connectivity index (χ3n) is 2.82. The fraction of sp³-hybridized carbons (Fsp3) is 0.385. The van der Waals surface area contributed by atoms with Crippen molar-refractivity contribution >= 4 is 17.0 Å². The van der Waals surface area contributed by atoms with Gasteiger partial charge in [-0.25, -0.2) is 0 Å². The van der Waals surface area contributed by atoms with Gasteiger partial charge in [0.25, 0.3) is 0 Å². The minimum atomic E-state index is 0.759. The number of hydrogen-bond acceptors (Lipinski definition) is 4. The lowest BCUT2D eigenvalue weighted by molar-refractivity contribution is 0.977. The number of nitrogens with zero attached hydrogens (tertiary/aromatic N) is 2. The summed E-state index contributed by atoms with van der Waals surface area (Å²) in [5, 5.41) is 12.4. The van der Waals surface area contributed by atoms with Crippen LogP contribution in [0.5, 0.6) is 0 Å². The summed E-state index contributed by atoms with van der Waals surface area (Å²) in [6.07, 6.45) is 2.10. The van der Waals surface area contributed by atoms with Crippen molar-refractivity contribution in [2.24, 2.45) is 0 Å². The zero-order valence-corrected chi connectivity index (χ0v) is 11.0. The van der Waals surface area contributed by atoms with Crippen molar-refractivity contribution in [3.63, 3.8) is 0 Å². The molecule has 0 radical (unpaired) electrons. The van der Waals surface area contributed by atoms with Gasteiger partial charge in [-0.05, 0) is 24.0 Å². The van der Waals surface area contributed by atoms with E-state index in [0.717, 1.165) is 24.4 Å². The van der Waals surface area contributed by atoms with E-state index >= 15 is 0 Å².